The smallest absolute Gasteiger partial charge is 0.271 e. The average molecular weight is 473 g/mol. The second kappa shape index (κ2) is 10.9. The second-order valence-electron chi connectivity index (χ2n) is 7.16. The Morgan fingerprint density at radius 1 is 1.27 bits per heavy atom. The summed E-state index contributed by atoms with van der Waals surface area (Å²) in [5.41, 5.74) is 1.68. The number of nitro groups is 1. The number of benzene rings is 2. The summed E-state index contributed by atoms with van der Waals surface area (Å²) >= 11 is 1.21. The molecule has 0 bridgehead atoms. The van der Waals surface area contributed by atoms with E-state index in [1.807, 2.05) is 31.2 Å². The molecule has 1 saturated heterocycles. The number of methoxy groups -OCH3 is 2. The van der Waals surface area contributed by atoms with Crippen molar-refractivity contribution in [3.63, 3.8) is 0 Å². The third-order valence-electron chi connectivity index (χ3n) is 4.91. The van der Waals surface area contributed by atoms with Crippen molar-refractivity contribution < 1.29 is 24.0 Å². The summed E-state index contributed by atoms with van der Waals surface area (Å²) < 4.78 is 10.3. The van der Waals surface area contributed by atoms with Gasteiger partial charge in [-0.1, -0.05) is 30.0 Å². The number of aryl methyl sites for hydroxylation is 1. The van der Waals surface area contributed by atoms with E-state index in [9.17, 15) is 19.7 Å². The van der Waals surface area contributed by atoms with Crippen LogP contribution in [-0.2, 0) is 14.3 Å². The van der Waals surface area contributed by atoms with Gasteiger partial charge < -0.3 is 14.8 Å². The van der Waals surface area contributed by atoms with Crippen LogP contribution in [0.1, 0.15) is 12.0 Å². The minimum atomic E-state index is -0.686. The molecule has 2 amide bonds. The third kappa shape index (κ3) is 5.88. The molecular formula is C22H24N4O6S. The molecule has 0 spiro atoms. The number of nitro benzene ring substituents is 1. The fraction of sp³-hybridized carbons (Fsp3) is 0.318. The Morgan fingerprint density at radius 3 is 2.70 bits per heavy atom. The third-order valence-corrected chi connectivity index (χ3v) is 6.08. The first-order valence-corrected chi connectivity index (χ1v) is 11.0. The van der Waals surface area contributed by atoms with E-state index >= 15 is 0 Å². The number of hydrogen-bond donors (Lipinski definition) is 1. The van der Waals surface area contributed by atoms with Crippen LogP contribution in [0.3, 0.4) is 0 Å². The first kappa shape index (κ1) is 24.2. The van der Waals surface area contributed by atoms with Crippen LogP contribution in [0.15, 0.2) is 47.5 Å². The van der Waals surface area contributed by atoms with Crippen molar-refractivity contribution in [3.8, 4) is 5.75 Å². The van der Waals surface area contributed by atoms with Crippen molar-refractivity contribution in [2.24, 2.45) is 4.99 Å². The molecule has 0 aliphatic carbocycles. The van der Waals surface area contributed by atoms with Gasteiger partial charge in [0.15, 0.2) is 5.17 Å². The Balaban J connectivity index is 1.78. The number of carbonyl (C=O) groups excluding carboxylic acids is 2. The van der Waals surface area contributed by atoms with Crippen LogP contribution in [0, 0.1) is 17.0 Å². The molecule has 0 saturated carbocycles. The molecule has 0 radical (unpaired) electrons. The van der Waals surface area contributed by atoms with Gasteiger partial charge in [0, 0.05) is 25.7 Å². The number of nitrogens with one attached hydrogen (secondary N) is 1. The number of hydrogen-bond acceptors (Lipinski definition) is 8. The molecule has 33 heavy (non-hydrogen) atoms. The van der Waals surface area contributed by atoms with Crippen LogP contribution in [0.5, 0.6) is 5.75 Å². The highest BCUT2D eigenvalue weighted by Crippen LogP contribution is 2.33. The number of nitrogens with zero attached hydrogens (tertiary/aromatic N) is 3. The number of thioether (sulfide) groups is 1. The van der Waals surface area contributed by atoms with Gasteiger partial charge in [0.2, 0.25) is 11.8 Å². The van der Waals surface area contributed by atoms with Crippen LogP contribution >= 0.6 is 11.8 Å². The second-order valence-corrected chi connectivity index (χ2v) is 8.33. The zero-order chi connectivity index (χ0) is 24.0. The van der Waals surface area contributed by atoms with Gasteiger partial charge in [-0.2, -0.15) is 0 Å². The average Bonchev–Trinajstić information content (AvgIpc) is 3.07. The van der Waals surface area contributed by atoms with Crippen molar-refractivity contribution in [1.29, 1.82) is 0 Å². The van der Waals surface area contributed by atoms with E-state index in [0.29, 0.717) is 18.3 Å². The first-order valence-electron chi connectivity index (χ1n) is 10.1. The molecule has 1 unspecified atom stereocenters. The lowest BCUT2D eigenvalue weighted by molar-refractivity contribution is -0.384. The maximum absolute atomic E-state index is 13.0. The molecule has 1 atom stereocenters. The van der Waals surface area contributed by atoms with E-state index in [0.717, 1.165) is 11.3 Å². The maximum atomic E-state index is 13.0. The normalized spacial score (nSPS) is 16.8. The highest BCUT2D eigenvalue weighted by molar-refractivity contribution is 8.15. The number of anilines is 1. The highest BCUT2D eigenvalue weighted by atomic mass is 32.2. The van der Waals surface area contributed by atoms with Crippen molar-refractivity contribution in [1.82, 2.24) is 4.90 Å². The van der Waals surface area contributed by atoms with Crippen molar-refractivity contribution in [3.05, 3.63) is 58.1 Å². The van der Waals surface area contributed by atoms with Crippen molar-refractivity contribution in [2.45, 2.75) is 18.6 Å². The highest BCUT2D eigenvalue weighted by Gasteiger charge is 2.39. The van der Waals surface area contributed by atoms with Crippen LogP contribution < -0.4 is 10.1 Å². The quantitative estimate of drug-likeness (QED) is 0.437. The fourth-order valence-corrected chi connectivity index (χ4v) is 4.36. The molecule has 2 aromatic rings. The van der Waals surface area contributed by atoms with Crippen LogP contribution in [0.25, 0.3) is 0 Å². The molecule has 3 rings (SSSR count). The van der Waals surface area contributed by atoms with Gasteiger partial charge in [-0.05, 0) is 24.6 Å². The van der Waals surface area contributed by atoms with Crippen LogP contribution in [-0.4, -0.2) is 59.4 Å². The maximum Gasteiger partial charge on any atom is 0.271 e. The monoisotopic (exact) mass is 472 g/mol. The number of aliphatic imine (C=N–C) groups is 1. The number of carbonyl (C=O) groups is 2. The largest absolute Gasteiger partial charge is 0.495 e. The summed E-state index contributed by atoms with van der Waals surface area (Å²) in [5.74, 6) is -0.433. The van der Waals surface area contributed by atoms with E-state index in [-0.39, 0.29) is 29.5 Å². The first-order chi connectivity index (χ1) is 15.8. The number of non-ortho nitro benzene ring substituents is 1. The van der Waals surface area contributed by atoms with Crippen LogP contribution in [0.4, 0.5) is 17.1 Å². The van der Waals surface area contributed by atoms with Gasteiger partial charge in [0.25, 0.3) is 5.69 Å². The zero-order valence-electron chi connectivity index (χ0n) is 18.4. The summed E-state index contributed by atoms with van der Waals surface area (Å²) in [4.78, 5) is 42.4. The fourth-order valence-electron chi connectivity index (χ4n) is 3.18. The summed E-state index contributed by atoms with van der Waals surface area (Å²) in [6.45, 7) is 2.56. The Bertz CT molecular complexity index is 1090. The number of rotatable bonds is 9. The lowest BCUT2D eigenvalue weighted by atomic mass is 10.2. The van der Waals surface area contributed by atoms with E-state index < -0.39 is 16.1 Å². The van der Waals surface area contributed by atoms with E-state index in [1.54, 1.807) is 7.11 Å². The lowest BCUT2D eigenvalue weighted by Crippen LogP contribution is -2.35. The van der Waals surface area contributed by atoms with Gasteiger partial charge in [0.05, 0.1) is 36.6 Å². The van der Waals surface area contributed by atoms with Gasteiger partial charge in [0.1, 0.15) is 11.0 Å². The molecule has 1 N–H and O–H groups in total. The Hall–Kier alpha value is -3.44. The Kier molecular flexibility index (Phi) is 8.01. The summed E-state index contributed by atoms with van der Waals surface area (Å²) in [6, 6.07) is 11.5. The standard InChI is InChI=1S/C22H24N4O6S/c1-14-6-4-5-7-16(14)24-22-25(10-11-31-2)21(28)19(33-22)13-20(27)23-17-12-15(26(29)30)8-9-18(17)32-3/h4-9,12,19H,10-11,13H2,1-3H3,(H,23,27). The van der Waals surface area contributed by atoms with Gasteiger partial charge in [-0.25, -0.2) is 4.99 Å². The topological polar surface area (TPSA) is 123 Å². The molecule has 1 fully saturated rings. The molecule has 0 aromatic heterocycles. The Labute approximate surface area is 195 Å². The molecule has 11 heteroatoms. The zero-order valence-corrected chi connectivity index (χ0v) is 19.3. The van der Waals surface area contributed by atoms with Crippen molar-refractivity contribution >= 4 is 45.8 Å². The summed E-state index contributed by atoms with van der Waals surface area (Å²) in [6.07, 6.45) is -0.133. The predicted molar refractivity (Wildman–Crippen MR) is 126 cm³/mol. The molecule has 1 heterocycles. The molecule has 1 aliphatic rings. The molecule has 174 valence electrons. The summed E-state index contributed by atoms with van der Waals surface area (Å²) in [7, 11) is 2.94. The summed E-state index contributed by atoms with van der Waals surface area (Å²) in [5, 5.41) is 13.5. The molecule has 2 aromatic carbocycles. The molecular weight excluding hydrogens is 448 g/mol. The van der Waals surface area contributed by atoms with Crippen molar-refractivity contribution in [2.75, 3.05) is 32.7 Å². The number of amides is 2. The van der Waals surface area contributed by atoms with Gasteiger partial charge in [-0.15, -0.1) is 0 Å². The minimum Gasteiger partial charge on any atom is -0.495 e. The van der Waals surface area contributed by atoms with E-state index in [1.165, 1.54) is 42.0 Å². The van der Waals surface area contributed by atoms with E-state index in [4.69, 9.17) is 9.47 Å². The predicted octanol–water partition coefficient (Wildman–Crippen LogP) is 3.52. The molecule has 10 nitrogen and oxygen atoms in total. The lowest BCUT2D eigenvalue weighted by Gasteiger charge is -2.16. The Morgan fingerprint density at radius 2 is 2.03 bits per heavy atom. The number of ether oxygens (including phenoxy) is 2. The minimum absolute atomic E-state index is 0.133. The van der Waals surface area contributed by atoms with E-state index in [2.05, 4.69) is 10.3 Å². The SMILES string of the molecule is COCCN1C(=O)C(CC(=O)Nc2cc([N+](=O)[O-])ccc2OC)SC1=Nc1ccccc1C. The molecule has 1 aliphatic heterocycles. The van der Waals surface area contributed by atoms with Gasteiger partial charge in [-0.3, -0.25) is 24.6 Å². The number of para-hydroxylation sites is 1. The number of amidine groups is 1. The van der Waals surface area contributed by atoms with Gasteiger partial charge >= 0.3 is 0 Å². The van der Waals surface area contributed by atoms with Crippen LogP contribution in [0.2, 0.25) is 0 Å².